The van der Waals surface area contributed by atoms with Crippen molar-refractivity contribution >= 4 is 25.1 Å². The second-order valence-electron chi connectivity index (χ2n) is 9.88. The number of aliphatic hydroxyl groups excluding tert-OH is 14. The van der Waals surface area contributed by atoms with Crippen LogP contribution in [0.5, 0.6) is 0 Å². The molecule has 0 amide bonds. The number of aldehydes is 4. The van der Waals surface area contributed by atoms with Crippen molar-refractivity contribution < 1.29 is 90.7 Å². The SMILES string of the molecule is NC[C@@H](O)[C@@H](O)[C@H](O)[C@H](N)C=O.NC[C@@H](O)[C@H](O)[C@H](O)[C@@H](N)C=O.N[C@@H](C=O)[C@@H](O)[C@@H](O)[C@H](O)CO.N[C@H](C=O)[C@@H](O)[C@H](O)[C@H](O)CO. The van der Waals surface area contributed by atoms with E-state index in [1.54, 1.807) is 0 Å². The number of hydrogen-bond acceptors (Lipinski definition) is 24. The van der Waals surface area contributed by atoms with Crippen LogP contribution in [0.15, 0.2) is 0 Å². The van der Waals surface area contributed by atoms with E-state index in [2.05, 4.69) is 0 Å². The molecule has 0 aliphatic rings. The molecule has 0 aliphatic heterocycles. The zero-order chi connectivity index (χ0) is 38.9. The average Bonchev–Trinajstić information content (AvgIpc) is 3.12. The van der Waals surface area contributed by atoms with Gasteiger partial charge in [-0.15, -0.1) is 0 Å². The summed E-state index contributed by atoms with van der Waals surface area (Å²) in [5.41, 5.74) is 30.2. The fourth-order valence-electron chi connectivity index (χ4n) is 2.64. The van der Waals surface area contributed by atoms with Gasteiger partial charge >= 0.3 is 0 Å². The molecular weight excluding hydrogens is 660 g/mol. The summed E-state index contributed by atoms with van der Waals surface area (Å²) in [6, 6.07) is -4.94. The summed E-state index contributed by atoms with van der Waals surface area (Å²) in [5.74, 6) is 0. The fourth-order valence-corrected chi connectivity index (χ4v) is 2.64. The molecule has 0 aromatic heterocycles. The predicted octanol–water partition coefficient (Wildman–Crippen LogP) is -13.7. The predicted molar refractivity (Wildman–Crippen MR) is 161 cm³/mol. The first-order valence-corrected chi connectivity index (χ1v) is 13.8. The molecule has 26 N–H and O–H groups in total. The minimum absolute atomic E-state index is 0.205. The lowest BCUT2D eigenvalue weighted by Gasteiger charge is -2.23. The molecule has 16 atom stereocenters. The highest BCUT2D eigenvalue weighted by molar-refractivity contribution is 5.59. The Morgan fingerprint density at radius 2 is 0.521 bits per heavy atom. The molecule has 24 heteroatoms. The number of carbonyl (C=O) groups is 4. The second-order valence-corrected chi connectivity index (χ2v) is 9.88. The van der Waals surface area contributed by atoms with E-state index in [1.165, 1.54) is 0 Å². The number of carbonyl (C=O) groups excluding carboxylic acids is 4. The summed E-state index contributed by atoms with van der Waals surface area (Å²) in [5, 5.41) is 124. The van der Waals surface area contributed by atoms with Crippen molar-refractivity contribution in [3.05, 3.63) is 0 Å². The molecule has 48 heavy (non-hydrogen) atoms. The lowest BCUT2D eigenvalue weighted by molar-refractivity contribution is -0.118. The fraction of sp³-hybridized carbons (Fsp3) is 0.833. The maximum Gasteiger partial charge on any atom is 0.139 e. The summed E-state index contributed by atoms with van der Waals surface area (Å²) < 4.78 is 0. The van der Waals surface area contributed by atoms with Crippen LogP contribution < -0.4 is 34.4 Å². The number of rotatable bonds is 20. The van der Waals surface area contributed by atoms with Crippen LogP contribution >= 0.6 is 0 Å². The van der Waals surface area contributed by atoms with E-state index < -0.39 is 111 Å². The highest BCUT2D eigenvalue weighted by atomic mass is 16.4. The maximum atomic E-state index is 10.1. The van der Waals surface area contributed by atoms with E-state index in [4.69, 9.17) is 106 Å². The Morgan fingerprint density at radius 3 is 0.646 bits per heavy atom. The highest BCUT2D eigenvalue weighted by Crippen LogP contribution is 2.04. The molecule has 0 aromatic carbocycles. The Balaban J connectivity index is -0.000000269. The first kappa shape index (κ1) is 52.7. The Bertz CT molecular complexity index is 699. The Hall–Kier alpha value is -2.12. The van der Waals surface area contributed by atoms with Gasteiger partial charge in [0, 0.05) is 13.1 Å². The standard InChI is InChI=1S/2C6H14N2O4.2C6H13NO5/c2*7-1-4(10)6(12)5(11)3(8)2-9;2*7-3(1-8)5(11)6(12)4(10)2-9/h2*2-6,10-12H,1,7-8H2;2*1,3-6,9-12H,2,7H2/t3-,4+,5+,6-;3-,4-,5-,6-;3-,4+,5+,6-;3-,4-,5-,6-/m0101/s1. The number of nitrogens with two attached hydrogens (primary N) is 6. The van der Waals surface area contributed by atoms with Crippen molar-refractivity contribution in [1.29, 1.82) is 0 Å². The van der Waals surface area contributed by atoms with Gasteiger partial charge in [0.15, 0.2) is 0 Å². The van der Waals surface area contributed by atoms with Crippen molar-refractivity contribution in [2.75, 3.05) is 26.3 Å². The van der Waals surface area contributed by atoms with E-state index >= 15 is 0 Å². The molecule has 0 radical (unpaired) electrons. The third-order valence-corrected chi connectivity index (χ3v) is 6.04. The van der Waals surface area contributed by atoms with Crippen molar-refractivity contribution in [3.63, 3.8) is 0 Å². The molecule has 0 spiro atoms. The Morgan fingerprint density at radius 1 is 0.354 bits per heavy atom. The maximum absolute atomic E-state index is 10.1. The van der Waals surface area contributed by atoms with Gasteiger partial charge in [-0.25, -0.2) is 0 Å². The largest absolute Gasteiger partial charge is 0.394 e. The van der Waals surface area contributed by atoms with Gasteiger partial charge in [0.1, 0.15) is 86.2 Å². The first-order chi connectivity index (χ1) is 22.2. The third-order valence-electron chi connectivity index (χ3n) is 6.04. The van der Waals surface area contributed by atoms with Crippen molar-refractivity contribution in [3.8, 4) is 0 Å². The van der Waals surface area contributed by atoms with Gasteiger partial charge in [-0.05, 0) is 0 Å². The molecule has 24 nitrogen and oxygen atoms in total. The molecule has 0 rings (SSSR count). The molecule has 0 aromatic rings. The van der Waals surface area contributed by atoms with E-state index in [1.807, 2.05) is 0 Å². The van der Waals surface area contributed by atoms with E-state index in [-0.39, 0.29) is 38.2 Å². The number of hydrogen-bond donors (Lipinski definition) is 20. The topological polar surface area (TPSA) is 508 Å². The molecule has 0 unspecified atom stereocenters. The van der Waals surface area contributed by atoms with Crippen molar-refractivity contribution in [2.24, 2.45) is 34.4 Å². The van der Waals surface area contributed by atoms with Crippen LogP contribution in [0.3, 0.4) is 0 Å². The normalized spacial score (nSPS) is 21.1. The van der Waals surface area contributed by atoms with Crippen LogP contribution in [-0.2, 0) is 19.2 Å². The van der Waals surface area contributed by atoms with Crippen LogP contribution in [0.2, 0.25) is 0 Å². The van der Waals surface area contributed by atoms with Crippen LogP contribution in [0.1, 0.15) is 0 Å². The van der Waals surface area contributed by atoms with Gasteiger partial charge in [0.25, 0.3) is 0 Å². The van der Waals surface area contributed by atoms with E-state index in [0.29, 0.717) is 0 Å². The summed E-state index contributed by atoms with van der Waals surface area (Å²) >= 11 is 0. The first-order valence-electron chi connectivity index (χ1n) is 13.8. The molecule has 0 fully saturated rings. The zero-order valence-corrected chi connectivity index (χ0v) is 25.7. The van der Waals surface area contributed by atoms with E-state index in [9.17, 15) is 19.2 Å². The lowest BCUT2D eigenvalue weighted by Crippen LogP contribution is -2.50. The molecule has 0 saturated carbocycles. The molecule has 0 heterocycles. The van der Waals surface area contributed by atoms with Gasteiger partial charge < -0.3 is 125 Å². The molecule has 0 aliphatic carbocycles. The molecular formula is C24H54N6O18. The lowest BCUT2D eigenvalue weighted by atomic mass is 10.0. The monoisotopic (exact) mass is 714 g/mol. The minimum Gasteiger partial charge on any atom is -0.394 e. The van der Waals surface area contributed by atoms with Gasteiger partial charge in [0.2, 0.25) is 0 Å². The summed E-state index contributed by atoms with van der Waals surface area (Å²) in [7, 11) is 0. The van der Waals surface area contributed by atoms with Crippen LogP contribution in [0, 0.1) is 0 Å². The zero-order valence-electron chi connectivity index (χ0n) is 25.7. The Kier molecular flexibility index (Phi) is 32.7. The van der Waals surface area contributed by atoms with Crippen LogP contribution in [-0.4, -0.2) is 220 Å². The second kappa shape index (κ2) is 29.8. The van der Waals surface area contributed by atoms with Gasteiger partial charge in [0.05, 0.1) is 49.6 Å². The molecule has 0 saturated heterocycles. The summed E-state index contributed by atoms with van der Waals surface area (Å²) in [4.78, 5) is 40.1. The van der Waals surface area contributed by atoms with Crippen LogP contribution in [0.4, 0.5) is 0 Å². The van der Waals surface area contributed by atoms with E-state index in [0.717, 1.165) is 0 Å². The smallest absolute Gasteiger partial charge is 0.139 e. The highest BCUT2D eigenvalue weighted by Gasteiger charge is 2.30. The van der Waals surface area contributed by atoms with Gasteiger partial charge in [-0.1, -0.05) is 0 Å². The minimum atomic E-state index is -1.62. The molecule has 288 valence electrons. The molecule has 0 bridgehead atoms. The summed E-state index contributed by atoms with van der Waals surface area (Å²) in [6.07, 6.45) is -16.8. The summed E-state index contributed by atoms with van der Waals surface area (Å²) in [6.45, 7) is -1.82. The van der Waals surface area contributed by atoms with Gasteiger partial charge in [-0.2, -0.15) is 0 Å². The van der Waals surface area contributed by atoms with Crippen molar-refractivity contribution in [1.82, 2.24) is 0 Å². The van der Waals surface area contributed by atoms with Crippen molar-refractivity contribution in [2.45, 2.75) is 97.4 Å². The van der Waals surface area contributed by atoms with Crippen LogP contribution in [0.25, 0.3) is 0 Å². The van der Waals surface area contributed by atoms with Gasteiger partial charge in [-0.3, -0.25) is 0 Å². The Labute approximate surface area is 274 Å². The quantitative estimate of drug-likeness (QED) is 0.0520. The third kappa shape index (κ3) is 21.1. The number of aliphatic hydroxyl groups is 14. The average molecular weight is 715 g/mol.